The molecule has 5 rings (SSSR count). The van der Waals surface area contributed by atoms with Crippen molar-refractivity contribution in [2.24, 2.45) is 0 Å². The van der Waals surface area contributed by atoms with Gasteiger partial charge in [-0.15, -0.1) is 5.10 Å². The molecule has 38 heavy (non-hydrogen) atoms. The van der Waals surface area contributed by atoms with Crippen LogP contribution in [0, 0.1) is 5.82 Å². The molecule has 2 aliphatic heterocycles. The molecule has 198 valence electrons. The van der Waals surface area contributed by atoms with Gasteiger partial charge in [-0.1, -0.05) is 28.8 Å². The highest BCUT2D eigenvalue weighted by Gasteiger charge is 2.32. The second-order valence-corrected chi connectivity index (χ2v) is 9.95. The third kappa shape index (κ3) is 5.97. The molecule has 10 nitrogen and oxygen atoms in total. The fraction of sp³-hybridized carbons (Fsp3) is 0.346. The summed E-state index contributed by atoms with van der Waals surface area (Å²) in [5.74, 6) is -0.615. The van der Waals surface area contributed by atoms with Gasteiger partial charge in [0.05, 0.1) is 31.0 Å². The fourth-order valence-electron chi connectivity index (χ4n) is 4.55. The second-order valence-electron chi connectivity index (χ2n) is 9.34. The maximum absolute atomic E-state index is 15.1. The normalized spacial score (nSPS) is 18.1. The number of anilines is 1. The molecule has 0 radical (unpaired) electrons. The first-order valence-corrected chi connectivity index (χ1v) is 13.1. The van der Waals surface area contributed by atoms with Crippen LogP contribution in [0.3, 0.4) is 0 Å². The lowest BCUT2D eigenvalue weighted by atomic mass is 10.0. The Labute approximate surface area is 223 Å². The molecule has 2 aromatic carbocycles. The zero-order chi connectivity index (χ0) is 26.6. The number of hydrogen-bond acceptors (Lipinski definition) is 8. The lowest BCUT2D eigenvalue weighted by Crippen LogP contribution is -2.49. The van der Waals surface area contributed by atoms with E-state index in [0.717, 1.165) is 17.8 Å². The summed E-state index contributed by atoms with van der Waals surface area (Å²) in [5.41, 5.74) is 3.32. The lowest BCUT2D eigenvalue weighted by Gasteiger charge is -2.34. The molecule has 0 saturated carbocycles. The van der Waals surface area contributed by atoms with E-state index in [-0.39, 0.29) is 24.9 Å². The summed E-state index contributed by atoms with van der Waals surface area (Å²) in [6.45, 7) is 4.65. The van der Waals surface area contributed by atoms with Gasteiger partial charge in [0, 0.05) is 44.0 Å². The fourth-order valence-corrected chi connectivity index (χ4v) is 5.00. The van der Waals surface area contributed by atoms with Crippen molar-refractivity contribution in [3.8, 4) is 11.1 Å². The SMILES string of the molecule is CC(=O)NC[C@H]1CN(c2ccc(-c3ccc(CN4CCN(Cc5csnn5)CC4=O)cc3)c(F)c2)C(=O)O1. The predicted octanol–water partition coefficient (Wildman–Crippen LogP) is 2.65. The molecule has 0 unspecified atom stereocenters. The number of hydrogen-bond donors (Lipinski definition) is 1. The zero-order valence-electron chi connectivity index (χ0n) is 20.8. The van der Waals surface area contributed by atoms with E-state index in [1.54, 1.807) is 12.1 Å². The van der Waals surface area contributed by atoms with Crippen LogP contribution < -0.4 is 10.2 Å². The molecule has 3 heterocycles. The van der Waals surface area contributed by atoms with Crippen molar-refractivity contribution < 1.29 is 23.5 Å². The lowest BCUT2D eigenvalue weighted by molar-refractivity contribution is -0.136. The van der Waals surface area contributed by atoms with Gasteiger partial charge in [-0.05, 0) is 40.9 Å². The summed E-state index contributed by atoms with van der Waals surface area (Å²) in [6, 6.07) is 12.1. The number of benzene rings is 2. The number of halogens is 1. The smallest absolute Gasteiger partial charge is 0.414 e. The van der Waals surface area contributed by atoms with Crippen molar-refractivity contribution in [3.05, 3.63) is 64.9 Å². The molecule has 2 aliphatic rings. The number of aromatic nitrogens is 2. The van der Waals surface area contributed by atoms with E-state index in [1.807, 2.05) is 34.5 Å². The van der Waals surface area contributed by atoms with Crippen LogP contribution in [0.4, 0.5) is 14.9 Å². The standard InChI is InChI=1S/C26H27FN6O4S/c1-17(34)28-11-22-14-33(26(36)37-22)21-6-7-23(24(27)10-21)19-4-2-18(3-5-19)12-32-9-8-31(15-25(32)35)13-20-16-38-30-29-20/h2-7,10,16,22H,8-9,11-15H2,1H3,(H,28,34)/t22-/m0/s1. The van der Waals surface area contributed by atoms with Crippen molar-refractivity contribution in [3.63, 3.8) is 0 Å². The molecular weight excluding hydrogens is 511 g/mol. The molecule has 3 amide bonds. The van der Waals surface area contributed by atoms with Crippen molar-refractivity contribution in [2.45, 2.75) is 26.1 Å². The molecule has 1 N–H and O–H groups in total. The van der Waals surface area contributed by atoms with E-state index >= 15 is 4.39 Å². The Morgan fingerprint density at radius 1 is 1.16 bits per heavy atom. The summed E-state index contributed by atoms with van der Waals surface area (Å²) >= 11 is 1.30. The van der Waals surface area contributed by atoms with Gasteiger partial charge in [-0.3, -0.25) is 19.4 Å². The molecule has 0 bridgehead atoms. The minimum absolute atomic E-state index is 0.0601. The van der Waals surface area contributed by atoms with E-state index in [2.05, 4.69) is 19.8 Å². The maximum Gasteiger partial charge on any atom is 0.414 e. The number of rotatable bonds is 8. The molecule has 1 aromatic heterocycles. The van der Waals surface area contributed by atoms with E-state index in [1.165, 1.54) is 29.4 Å². The molecule has 2 fully saturated rings. The largest absolute Gasteiger partial charge is 0.442 e. The van der Waals surface area contributed by atoms with Gasteiger partial charge in [0.2, 0.25) is 11.8 Å². The van der Waals surface area contributed by atoms with Crippen molar-refractivity contribution >= 4 is 35.1 Å². The van der Waals surface area contributed by atoms with Crippen molar-refractivity contribution in [1.29, 1.82) is 0 Å². The molecule has 3 aromatic rings. The number of carbonyl (C=O) groups excluding carboxylic acids is 3. The van der Waals surface area contributed by atoms with Crippen LogP contribution in [-0.4, -0.2) is 76.1 Å². The average Bonchev–Trinajstić information content (AvgIpc) is 3.54. The minimum atomic E-state index is -0.577. The van der Waals surface area contributed by atoms with Crippen molar-refractivity contribution in [2.75, 3.05) is 37.6 Å². The third-order valence-corrected chi connectivity index (χ3v) is 7.10. The monoisotopic (exact) mass is 538 g/mol. The number of ether oxygens (including phenoxy) is 1. The van der Waals surface area contributed by atoms with Gasteiger partial charge < -0.3 is 15.0 Å². The number of amides is 3. The van der Waals surface area contributed by atoms with Gasteiger partial charge in [0.25, 0.3) is 0 Å². The van der Waals surface area contributed by atoms with Crippen molar-refractivity contribution in [1.82, 2.24) is 24.7 Å². The number of carbonyl (C=O) groups is 3. The van der Waals surface area contributed by atoms with Gasteiger partial charge in [-0.25, -0.2) is 9.18 Å². The maximum atomic E-state index is 15.1. The Morgan fingerprint density at radius 3 is 2.66 bits per heavy atom. The molecular formula is C26H27FN6O4S. The minimum Gasteiger partial charge on any atom is -0.442 e. The summed E-state index contributed by atoms with van der Waals surface area (Å²) in [6.07, 6.45) is -1.07. The summed E-state index contributed by atoms with van der Waals surface area (Å²) in [7, 11) is 0. The summed E-state index contributed by atoms with van der Waals surface area (Å²) in [4.78, 5) is 41.3. The highest BCUT2D eigenvalue weighted by molar-refractivity contribution is 7.03. The van der Waals surface area contributed by atoms with E-state index in [4.69, 9.17) is 4.74 Å². The van der Waals surface area contributed by atoms with Crippen LogP contribution >= 0.6 is 11.5 Å². The zero-order valence-corrected chi connectivity index (χ0v) is 21.6. The molecule has 2 saturated heterocycles. The van der Waals surface area contributed by atoms with E-state index in [9.17, 15) is 14.4 Å². The van der Waals surface area contributed by atoms with E-state index in [0.29, 0.717) is 43.0 Å². The van der Waals surface area contributed by atoms with Gasteiger partial charge in [0.15, 0.2) is 0 Å². The highest BCUT2D eigenvalue weighted by Crippen LogP contribution is 2.29. The Hall–Kier alpha value is -3.90. The first-order chi connectivity index (χ1) is 18.4. The second kappa shape index (κ2) is 11.2. The van der Waals surface area contributed by atoms with Gasteiger partial charge >= 0.3 is 6.09 Å². The van der Waals surface area contributed by atoms with Crippen LogP contribution in [0.15, 0.2) is 47.8 Å². The Balaban J connectivity index is 1.18. The van der Waals surface area contributed by atoms with Crippen LogP contribution in [0.1, 0.15) is 18.2 Å². The summed E-state index contributed by atoms with van der Waals surface area (Å²) in [5, 5.41) is 8.55. The Bertz CT molecular complexity index is 1320. The van der Waals surface area contributed by atoms with Crippen LogP contribution in [0.5, 0.6) is 0 Å². The molecule has 0 aliphatic carbocycles. The quantitative estimate of drug-likeness (QED) is 0.470. The third-order valence-electron chi connectivity index (χ3n) is 6.54. The predicted molar refractivity (Wildman–Crippen MR) is 139 cm³/mol. The molecule has 1 atom stereocenters. The number of nitrogens with zero attached hydrogens (tertiary/aromatic N) is 5. The molecule has 12 heteroatoms. The first-order valence-electron chi connectivity index (χ1n) is 12.2. The van der Waals surface area contributed by atoms with Crippen LogP contribution in [0.2, 0.25) is 0 Å². The first kappa shape index (κ1) is 25.7. The molecule has 0 spiro atoms. The van der Waals surface area contributed by atoms with E-state index < -0.39 is 18.0 Å². The summed E-state index contributed by atoms with van der Waals surface area (Å²) < 4.78 is 24.2. The average molecular weight is 539 g/mol. The topological polar surface area (TPSA) is 108 Å². The van der Waals surface area contributed by atoms with Crippen LogP contribution in [0.25, 0.3) is 11.1 Å². The number of nitrogens with one attached hydrogen (secondary N) is 1. The highest BCUT2D eigenvalue weighted by atomic mass is 32.1. The number of piperazine rings is 1. The Morgan fingerprint density at radius 2 is 1.97 bits per heavy atom. The number of cyclic esters (lactones) is 1. The van der Waals surface area contributed by atoms with Crippen LogP contribution in [-0.2, 0) is 27.4 Å². The van der Waals surface area contributed by atoms with Gasteiger partial charge in [0.1, 0.15) is 11.9 Å². The van der Waals surface area contributed by atoms with Gasteiger partial charge in [-0.2, -0.15) is 0 Å². The Kier molecular flexibility index (Phi) is 7.61.